The van der Waals surface area contributed by atoms with E-state index in [-0.39, 0.29) is 5.60 Å². The van der Waals surface area contributed by atoms with E-state index in [1.807, 2.05) is 0 Å². The summed E-state index contributed by atoms with van der Waals surface area (Å²) in [4.78, 5) is 0. The van der Waals surface area contributed by atoms with E-state index in [0.717, 1.165) is 19.6 Å². The molecule has 0 amide bonds. The van der Waals surface area contributed by atoms with Gasteiger partial charge in [0.25, 0.3) is 0 Å². The third-order valence-corrected chi connectivity index (χ3v) is 2.70. The molecule has 0 saturated carbocycles. The zero-order valence-corrected chi connectivity index (χ0v) is 11.4. The van der Waals surface area contributed by atoms with Crippen LogP contribution in [0.5, 0.6) is 0 Å². The van der Waals surface area contributed by atoms with Gasteiger partial charge in [-0.2, -0.15) is 0 Å². The molecule has 0 aliphatic heterocycles. The Morgan fingerprint density at radius 1 is 1.20 bits per heavy atom. The van der Waals surface area contributed by atoms with E-state index in [0.29, 0.717) is 12.0 Å². The van der Waals surface area contributed by atoms with Gasteiger partial charge in [0.2, 0.25) is 0 Å². The van der Waals surface area contributed by atoms with Crippen LogP contribution in [0.25, 0.3) is 0 Å². The predicted octanol–water partition coefficient (Wildman–Crippen LogP) is 3.22. The van der Waals surface area contributed by atoms with Gasteiger partial charge in [-0.3, -0.25) is 0 Å². The number of hydrogen-bond donors (Lipinski definition) is 1. The van der Waals surface area contributed by atoms with Crippen molar-refractivity contribution in [1.29, 1.82) is 0 Å². The zero-order valence-electron chi connectivity index (χ0n) is 11.4. The normalized spacial score (nSPS) is 16.4. The average Bonchev–Trinajstić information content (AvgIpc) is 2.11. The molecular weight excluding hydrogens is 186 g/mol. The van der Waals surface area contributed by atoms with Gasteiger partial charge in [-0.25, -0.2) is 0 Å². The molecule has 2 atom stereocenters. The Morgan fingerprint density at radius 2 is 1.80 bits per heavy atom. The lowest BCUT2D eigenvalue weighted by Crippen LogP contribution is -2.35. The summed E-state index contributed by atoms with van der Waals surface area (Å²) in [5, 5.41) is 3.52. The molecule has 0 heterocycles. The molecule has 0 radical (unpaired) electrons. The molecule has 0 aromatic carbocycles. The lowest BCUT2D eigenvalue weighted by atomic mass is 9.96. The van der Waals surface area contributed by atoms with E-state index in [1.165, 1.54) is 6.42 Å². The van der Waals surface area contributed by atoms with Crippen molar-refractivity contribution < 1.29 is 4.74 Å². The minimum absolute atomic E-state index is 0.000381. The summed E-state index contributed by atoms with van der Waals surface area (Å²) in [5.74, 6) is 0.692. The molecule has 0 aromatic rings. The van der Waals surface area contributed by atoms with Crippen LogP contribution in [0.2, 0.25) is 0 Å². The van der Waals surface area contributed by atoms with Crippen molar-refractivity contribution in [2.45, 2.75) is 66.0 Å². The maximum absolute atomic E-state index is 5.75. The summed E-state index contributed by atoms with van der Waals surface area (Å²) in [6.45, 7) is 15.0. The summed E-state index contributed by atoms with van der Waals surface area (Å²) in [6.07, 6.45) is 2.34. The van der Waals surface area contributed by atoms with Gasteiger partial charge in [0, 0.05) is 12.6 Å². The van der Waals surface area contributed by atoms with Gasteiger partial charge in [0.1, 0.15) is 0 Å². The van der Waals surface area contributed by atoms with Crippen LogP contribution in [0.15, 0.2) is 0 Å². The Kier molecular flexibility index (Phi) is 7.20. The molecule has 2 heteroatoms. The molecule has 15 heavy (non-hydrogen) atoms. The minimum atomic E-state index is -0.000381. The van der Waals surface area contributed by atoms with Crippen molar-refractivity contribution in [2.75, 3.05) is 13.2 Å². The standard InChI is InChI=1S/C13H29NO/c1-7-12(14-8-2)11(3)9-10-15-13(4,5)6/h11-12,14H,7-10H2,1-6H3. The fourth-order valence-corrected chi connectivity index (χ4v) is 1.76. The molecule has 1 N–H and O–H groups in total. The fraction of sp³-hybridized carbons (Fsp3) is 1.00. The number of nitrogens with one attached hydrogen (secondary N) is 1. The molecule has 0 aliphatic rings. The van der Waals surface area contributed by atoms with Crippen molar-refractivity contribution in [2.24, 2.45) is 5.92 Å². The maximum Gasteiger partial charge on any atom is 0.0598 e. The van der Waals surface area contributed by atoms with E-state index in [4.69, 9.17) is 4.74 Å². The zero-order chi connectivity index (χ0) is 11.9. The Morgan fingerprint density at radius 3 is 2.20 bits per heavy atom. The average molecular weight is 215 g/mol. The second-order valence-corrected chi connectivity index (χ2v) is 5.30. The molecular formula is C13H29NO. The van der Waals surface area contributed by atoms with Crippen LogP contribution in [0.3, 0.4) is 0 Å². The van der Waals surface area contributed by atoms with Gasteiger partial charge in [-0.15, -0.1) is 0 Å². The first-order valence-electron chi connectivity index (χ1n) is 6.28. The van der Waals surface area contributed by atoms with E-state index >= 15 is 0 Å². The Balaban J connectivity index is 3.75. The second-order valence-electron chi connectivity index (χ2n) is 5.30. The van der Waals surface area contributed by atoms with Gasteiger partial charge in [-0.1, -0.05) is 20.8 Å². The van der Waals surface area contributed by atoms with Gasteiger partial charge in [0.15, 0.2) is 0 Å². The van der Waals surface area contributed by atoms with E-state index in [2.05, 4.69) is 46.9 Å². The molecule has 0 aliphatic carbocycles. The summed E-state index contributed by atoms with van der Waals surface area (Å²) >= 11 is 0. The van der Waals surface area contributed by atoms with Gasteiger partial charge < -0.3 is 10.1 Å². The summed E-state index contributed by atoms with van der Waals surface area (Å²) < 4.78 is 5.75. The van der Waals surface area contributed by atoms with Gasteiger partial charge >= 0.3 is 0 Å². The quantitative estimate of drug-likeness (QED) is 0.704. The molecule has 2 nitrogen and oxygen atoms in total. The molecule has 2 unspecified atom stereocenters. The van der Waals surface area contributed by atoms with E-state index in [9.17, 15) is 0 Å². The van der Waals surface area contributed by atoms with Gasteiger partial charge in [0.05, 0.1) is 5.60 Å². The summed E-state index contributed by atoms with van der Waals surface area (Å²) in [7, 11) is 0. The van der Waals surface area contributed by atoms with Crippen molar-refractivity contribution in [3.8, 4) is 0 Å². The van der Waals surface area contributed by atoms with Crippen LogP contribution in [0.1, 0.15) is 54.4 Å². The largest absolute Gasteiger partial charge is 0.376 e. The third kappa shape index (κ3) is 7.80. The first-order valence-corrected chi connectivity index (χ1v) is 6.28. The van der Waals surface area contributed by atoms with Crippen molar-refractivity contribution >= 4 is 0 Å². The van der Waals surface area contributed by atoms with Crippen LogP contribution in [-0.4, -0.2) is 24.8 Å². The Bertz CT molecular complexity index is 151. The second kappa shape index (κ2) is 7.24. The summed E-state index contributed by atoms with van der Waals surface area (Å²) in [6, 6.07) is 0.638. The lowest BCUT2D eigenvalue weighted by Gasteiger charge is -2.25. The molecule has 0 spiro atoms. The smallest absolute Gasteiger partial charge is 0.0598 e. The predicted molar refractivity (Wildman–Crippen MR) is 67.2 cm³/mol. The first-order chi connectivity index (χ1) is 6.90. The fourth-order valence-electron chi connectivity index (χ4n) is 1.76. The molecule has 92 valence electrons. The Labute approximate surface area is 95.8 Å². The number of hydrogen-bond acceptors (Lipinski definition) is 2. The highest BCUT2D eigenvalue weighted by Gasteiger charge is 2.16. The minimum Gasteiger partial charge on any atom is -0.376 e. The molecule has 0 bridgehead atoms. The van der Waals surface area contributed by atoms with Crippen LogP contribution in [-0.2, 0) is 4.74 Å². The highest BCUT2D eigenvalue weighted by atomic mass is 16.5. The lowest BCUT2D eigenvalue weighted by molar-refractivity contribution is -0.0102. The highest BCUT2D eigenvalue weighted by Crippen LogP contribution is 2.14. The van der Waals surface area contributed by atoms with E-state index < -0.39 is 0 Å². The maximum atomic E-state index is 5.75. The van der Waals surface area contributed by atoms with Crippen LogP contribution >= 0.6 is 0 Å². The summed E-state index contributed by atoms with van der Waals surface area (Å²) in [5.41, 5.74) is -0.000381. The van der Waals surface area contributed by atoms with Crippen LogP contribution in [0.4, 0.5) is 0 Å². The molecule has 0 rings (SSSR count). The van der Waals surface area contributed by atoms with Gasteiger partial charge in [-0.05, 0) is 46.1 Å². The molecule has 0 fully saturated rings. The van der Waals surface area contributed by atoms with E-state index in [1.54, 1.807) is 0 Å². The van der Waals surface area contributed by atoms with Crippen molar-refractivity contribution in [1.82, 2.24) is 5.32 Å². The number of ether oxygens (including phenoxy) is 1. The van der Waals surface area contributed by atoms with Crippen LogP contribution in [0, 0.1) is 5.92 Å². The highest BCUT2D eigenvalue weighted by molar-refractivity contribution is 4.71. The van der Waals surface area contributed by atoms with Crippen molar-refractivity contribution in [3.63, 3.8) is 0 Å². The van der Waals surface area contributed by atoms with Crippen molar-refractivity contribution in [3.05, 3.63) is 0 Å². The SMILES string of the molecule is CCNC(CC)C(C)CCOC(C)(C)C. The first kappa shape index (κ1) is 14.9. The molecule has 0 aromatic heterocycles. The topological polar surface area (TPSA) is 21.3 Å². The monoisotopic (exact) mass is 215 g/mol. The Hall–Kier alpha value is -0.0800. The number of rotatable bonds is 7. The van der Waals surface area contributed by atoms with Crippen LogP contribution < -0.4 is 5.32 Å². The molecule has 0 saturated heterocycles. The third-order valence-electron chi connectivity index (χ3n) is 2.70.